The Labute approximate surface area is 133 Å². The van der Waals surface area contributed by atoms with Crippen LogP contribution in [-0.4, -0.2) is 28.9 Å². The van der Waals surface area contributed by atoms with E-state index in [9.17, 15) is 5.11 Å². The number of rotatable bonds is 8. The number of nitrogens with one attached hydrogen (secondary N) is 1. The molecule has 0 fully saturated rings. The lowest BCUT2D eigenvalue weighted by atomic mass is 10.1. The lowest BCUT2D eigenvalue weighted by molar-refractivity contribution is -0.911. The third-order valence-corrected chi connectivity index (χ3v) is 3.97. The van der Waals surface area contributed by atoms with Gasteiger partial charge in [0.15, 0.2) is 0 Å². The minimum atomic E-state index is -0.297. The molecule has 1 aromatic heterocycles. The summed E-state index contributed by atoms with van der Waals surface area (Å²) in [5, 5.41) is 9.66. The number of aromatic nitrogens is 1. The van der Waals surface area contributed by atoms with Gasteiger partial charge in [0, 0.05) is 12.7 Å². The fourth-order valence-electron chi connectivity index (χ4n) is 2.84. The molecule has 2 N–H and O–H groups in total. The zero-order valence-electron chi connectivity index (χ0n) is 13.6. The first-order valence-electron chi connectivity index (χ1n) is 7.91. The molecule has 0 bridgehead atoms. The maximum atomic E-state index is 9.66. The molecular formula is C19H27N2O+. The zero-order chi connectivity index (χ0) is 15.9. The van der Waals surface area contributed by atoms with Crippen molar-refractivity contribution in [2.24, 2.45) is 0 Å². The third-order valence-electron chi connectivity index (χ3n) is 3.97. The maximum Gasteiger partial charge on any atom is 0.118 e. The molecule has 0 aliphatic rings. The van der Waals surface area contributed by atoms with E-state index in [2.05, 4.69) is 60.7 Å². The predicted molar refractivity (Wildman–Crippen MR) is 91.0 cm³/mol. The van der Waals surface area contributed by atoms with Crippen molar-refractivity contribution < 1.29 is 10.0 Å². The van der Waals surface area contributed by atoms with Crippen LogP contribution < -0.4 is 4.90 Å². The van der Waals surface area contributed by atoms with Crippen LogP contribution in [0.5, 0.6) is 0 Å². The van der Waals surface area contributed by atoms with Gasteiger partial charge in [0.05, 0.1) is 12.2 Å². The molecule has 1 aromatic carbocycles. The molecule has 3 nitrogen and oxygen atoms in total. The second-order valence-electron chi connectivity index (χ2n) is 6.03. The lowest BCUT2D eigenvalue weighted by Crippen LogP contribution is -3.11. The molecule has 2 aromatic rings. The number of quaternary nitrogens is 1. The number of nitrogens with zero attached hydrogens (tertiary/aromatic N) is 1. The molecule has 2 rings (SSSR count). The van der Waals surface area contributed by atoms with Crippen LogP contribution in [0.3, 0.4) is 0 Å². The van der Waals surface area contributed by atoms with Crippen LogP contribution >= 0.6 is 0 Å². The largest absolute Gasteiger partial charge is 0.388 e. The molecule has 0 aliphatic carbocycles. The van der Waals surface area contributed by atoms with Gasteiger partial charge in [-0.25, -0.2) is 0 Å². The first kappa shape index (κ1) is 16.5. The lowest BCUT2D eigenvalue weighted by Gasteiger charge is -2.20. The van der Waals surface area contributed by atoms with Gasteiger partial charge >= 0.3 is 0 Å². The van der Waals surface area contributed by atoms with Crippen molar-refractivity contribution >= 4 is 0 Å². The van der Waals surface area contributed by atoms with E-state index in [1.807, 2.05) is 13.0 Å². The van der Waals surface area contributed by atoms with Gasteiger partial charge in [0.25, 0.3) is 0 Å². The first-order chi connectivity index (χ1) is 10.6. The Morgan fingerprint density at radius 2 is 2.05 bits per heavy atom. The Morgan fingerprint density at radius 1 is 1.27 bits per heavy atom. The van der Waals surface area contributed by atoms with Gasteiger partial charge in [0.1, 0.15) is 19.2 Å². The van der Waals surface area contributed by atoms with Gasteiger partial charge in [-0.3, -0.25) is 0 Å². The highest BCUT2D eigenvalue weighted by Crippen LogP contribution is 2.11. The summed E-state index contributed by atoms with van der Waals surface area (Å²) < 4.78 is 2.30. The molecule has 0 radical (unpaired) electrons. The van der Waals surface area contributed by atoms with Crippen molar-refractivity contribution in [1.29, 1.82) is 0 Å². The van der Waals surface area contributed by atoms with Crippen molar-refractivity contribution in [3.63, 3.8) is 0 Å². The molecular weight excluding hydrogens is 272 g/mol. The van der Waals surface area contributed by atoms with Crippen molar-refractivity contribution in [3.8, 4) is 0 Å². The van der Waals surface area contributed by atoms with Crippen LogP contribution in [0.1, 0.15) is 23.7 Å². The maximum absolute atomic E-state index is 9.66. The fourth-order valence-corrected chi connectivity index (χ4v) is 2.84. The van der Waals surface area contributed by atoms with E-state index in [4.69, 9.17) is 0 Å². The summed E-state index contributed by atoms with van der Waals surface area (Å²) >= 11 is 0. The topological polar surface area (TPSA) is 29.6 Å². The molecule has 118 valence electrons. The highest BCUT2D eigenvalue weighted by Gasteiger charge is 2.14. The van der Waals surface area contributed by atoms with E-state index in [1.54, 1.807) is 0 Å². The van der Waals surface area contributed by atoms with E-state index in [0.29, 0.717) is 0 Å². The van der Waals surface area contributed by atoms with Gasteiger partial charge in [0.2, 0.25) is 0 Å². The van der Waals surface area contributed by atoms with Crippen molar-refractivity contribution in [2.45, 2.75) is 33.0 Å². The molecule has 2 atom stereocenters. The summed E-state index contributed by atoms with van der Waals surface area (Å²) in [6, 6.07) is 12.8. The van der Waals surface area contributed by atoms with Crippen LogP contribution in [0.4, 0.5) is 0 Å². The van der Waals surface area contributed by atoms with E-state index in [0.717, 1.165) is 26.2 Å². The van der Waals surface area contributed by atoms with Gasteiger partial charge in [-0.1, -0.05) is 30.8 Å². The summed E-state index contributed by atoms with van der Waals surface area (Å²) in [7, 11) is 0. The van der Waals surface area contributed by atoms with Crippen LogP contribution in [0.15, 0.2) is 55.3 Å². The predicted octanol–water partition coefficient (Wildman–Crippen LogP) is 1.80. The average Bonchev–Trinajstić information content (AvgIpc) is 2.88. The molecule has 0 saturated heterocycles. The number of benzene rings is 1. The minimum absolute atomic E-state index is 0.297. The summed E-state index contributed by atoms with van der Waals surface area (Å²) in [6.07, 6.45) is 3.76. The van der Waals surface area contributed by atoms with Crippen LogP contribution in [-0.2, 0) is 13.1 Å². The van der Waals surface area contributed by atoms with Gasteiger partial charge in [-0.15, -0.1) is 0 Å². The molecule has 1 heterocycles. The second kappa shape index (κ2) is 7.97. The van der Waals surface area contributed by atoms with Gasteiger partial charge < -0.3 is 14.6 Å². The molecule has 0 spiro atoms. The fraction of sp³-hybridized carbons (Fsp3) is 0.368. The molecule has 22 heavy (non-hydrogen) atoms. The Balaban J connectivity index is 2.11. The SMILES string of the molecule is C=CC[NH+](Cc1cccn1Cc1ccccc1C)C[C@@H](C)O. The van der Waals surface area contributed by atoms with Gasteiger partial charge in [-0.05, 0) is 43.2 Å². The van der Waals surface area contributed by atoms with Crippen LogP contribution in [0, 0.1) is 6.92 Å². The summed E-state index contributed by atoms with van der Waals surface area (Å²) in [5.41, 5.74) is 3.96. The summed E-state index contributed by atoms with van der Waals surface area (Å²) in [6.45, 7) is 11.2. The number of aliphatic hydroxyl groups excluding tert-OH is 1. The standard InChI is InChI=1S/C19H26N2O/c1-4-11-20(13-17(3)22)15-19-10-7-12-21(19)14-18-9-6-5-8-16(18)2/h4-10,12,17,22H,1,11,13-15H2,2-3H3/p+1/t17-/m1/s1. The van der Waals surface area contributed by atoms with E-state index in [-0.39, 0.29) is 6.10 Å². The Bertz CT molecular complexity index is 601. The van der Waals surface area contributed by atoms with E-state index >= 15 is 0 Å². The number of hydrogen-bond donors (Lipinski definition) is 2. The van der Waals surface area contributed by atoms with Crippen LogP contribution in [0.2, 0.25) is 0 Å². The summed E-state index contributed by atoms with van der Waals surface area (Å²) in [5.74, 6) is 0. The number of hydrogen-bond acceptors (Lipinski definition) is 1. The van der Waals surface area contributed by atoms with Gasteiger partial charge in [-0.2, -0.15) is 0 Å². The number of aliphatic hydroxyl groups is 1. The molecule has 0 saturated carbocycles. The van der Waals surface area contributed by atoms with Crippen LogP contribution in [0.25, 0.3) is 0 Å². The molecule has 3 heteroatoms. The quantitative estimate of drug-likeness (QED) is 0.715. The minimum Gasteiger partial charge on any atom is -0.388 e. The highest BCUT2D eigenvalue weighted by atomic mass is 16.3. The monoisotopic (exact) mass is 299 g/mol. The Kier molecular flexibility index (Phi) is 5.99. The zero-order valence-corrected chi connectivity index (χ0v) is 13.6. The Morgan fingerprint density at radius 3 is 2.73 bits per heavy atom. The molecule has 0 amide bonds. The molecule has 0 aliphatic heterocycles. The normalized spacial score (nSPS) is 13.8. The highest BCUT2D eigenvalue weighted by molar-refractivity contribution is 5.26. The van der Waals surface area contributed by atoms with E-state index in [1.165, 1.54) is 21.7 Å². The Hall–Kier alpha value is -1.84. The second-order valence-corrected chi connectivity index (χ2v) is 6.03. The van der Waals surface area contributed by atoms with Crippen molar-refractivity contribution in [3.05, 3.63) is 72.1 Å². The smallest absolute Gasteiger partial charge is 0.118 e. The van der Waals surface area contributed by atoms with Crippen molar-refractivity contribution in [1.82, 2.24) is 4.57 Å². The average molecular weight is 299 g/mol. The van der Waals surface area contributed by atoms with E-state index < -0.39 is 0 Å². The third kappa shape index (κ3) is 4.58. The first-order valence-corrected chi connectivity index (χ1v) is 7.91. The van der Waals surface area contributed by atoms with Crippen molar-refractivity contribution in [2.75, 3.05) is 13.1 Å². The number of aryl methyl sites for hydroxylation is 1. The molecule has 1 unspecified atom stereocenters. The summed E-state index contributed by atoms with van der Waals surface area (Å²) in [4.78, 5) is 1.33.